The van der Waals surface area contributed by atoms with Gasteiger partial charge < -0.3 is 19.1 Å². The first-order valence-corrected chi connectivity index (χ1v) is 21.1. The largest absolute Gasteiger partial charge is 0.457 e. The van der Waals surface area contributed by atoms with E-state index in [4.69, 9.17) is 9.72 Å². The van der Waals surface area contributed by atoms with Gasteiger partial charge in [-0.1, -0.05) is 93.1 Å². The van der Waals surface area contributed by atoms with Gasteiger partial charge in [-0.05, 0) is 122 Å². The van der Waals surface area contributed by atoms with Crippen LogP contribution in [0.5, 0.6) is 11.5 Å². The Hall–Kier alpha value is -7.31. The molecule has 0 amide bonds. The molecule has 3 aromatic heterocycles. The highest BCUT2D eigenvalue weighted by Crippen LogP contribution is 2.47. The Balaban J connectivity index is 1.04. The lowest BCUT2D eigenvalue weighted by Gasteiger charge is -2.25. The van der Waals surface area contributed by atoms with E-state index in [1.165, 1.54) is 61.0 Å². The minimum absolute atomic E-state index is 0.0482. The predicted molar refractivity (Wildman–Crippen MR) is 254 cm³/mol. The van der Waals surface area contributed by atoms with Crippen molar-refractivity contribution in [2.24, 2.45) is 0 Å². The van der Waals surface area contributed by atoms with Gasteiger partial charge in [-0.25, -0.2) is 4.98 Å². The van der Waals surface area contributed by atoms with Crippen LogP contribution in [0.15, 0.2) is 164 Å². The van der Waals surface area contributed by atoms with E-state index in [9.17, 15) is 0 Å². The summed E-state index contributed by atoms with van der Waals surface area (Å²) in [6, 6.07) is 56.7. The Labute approximate surface area is 356 Å². The number of hydrogen-bond acceptors (Lipinski definition) is 4. The van der Waals surface area contributed by atoms with Crippen molar-refractivity contribution in [3.63, 3.8) is 0 Å². The van der Waals surface area contributed by atoms with Crippen molar-refractivity contribution in [2.75, 3.05) is 16.5 Å². The molecule has 0 spiro atoms. The molecular formula is C55H47N5O. The van der Waals surface area contributed by atoms with E-state index in [1.54, 1.807) is 0 Å². The van der Waals surface area contributed by atoms with Crippen LogP contribution in [-0.4, -0.2) is 20.8 Å². The van der Waals surface area contributed by atoms with Gasteiger partial charge in [0.15, 0.2) is 0 Å². The molecule has 0 bridgehead atoms. The van der Waals surface area contributed by atoms with Crippen LogP contribution >= 0.6 is 0 Å². The van der Waals surface area contributed by atoms with Gasteiger partial charge in [0.05, 0.1) is 33.4 Å². The normalized spacial score (nSPS) is 13.0. The molecule has 10 aromatic rings. The fourth-order valence-corrected chi connectivity index (χ4v) is 9.71. The Morgan fingerprint density at radius 2 is 1.13 bits per heavy atom. The van der Waals surface area contributed by atoms with E-state index in [1.807, 2.05) is 12.3 Å². The Bertz CT molecular complexity index is 3330. The molecule has 4 heterocycles. The second kappa shape index (κ2) is 13.9. The Kier molecular flexibility index (Phi) is 8.36. The lowest BCUT2D eigenvalue weighted by molar-refractivity contribution is 0.483. The molecule has 1 aliphatic rings. The molecule has 0 fully saturated rings. The summed E-state index contributed by atoms with van der Waals surface area (Å²) >= 11 is 0. The fraction of sp³-hybridized carbons (Fsp3) is 0.145. The highest BCUT2D eigenvalue weighted by molar-refractivity contribution is 6.19. The zero-order valence-electron chi connectivity index (χ0n) is 35.4. The SMILES string of the molecule is Cc1cc(C)c(N2CN(c3cccc(Oc4ccc5c6cc7c8ccccc8n(-c8ccccc8)c7cc6n(-c6cc(C(C)(C)C)ccn6)c5c4)c3)c3ccccc32)c(C)c1. The predicted octanol–water partition coefficient (Wildman–Crippen LogP) is 14.5. The molecule has 0 unspecified atom stereocenters. The molecule has 1 aliphatic heterocycles. The molecule has 7 aromatic carbocycles. The van der Waals surface area contributed by atoms with E-state index in [2.05, 4.69) is 212 Å². The number of para-hydroxylation sites is 4. The number of rotatable bonds is 6. The second-order valence-corrected chi connectivity index (χ2v) is 17.6. The van der Waals surface area contributed by atoms with Gasteiger partial charge in [-0.15, -0.1) is 0 Å². The lowest BCUT2D eigenvalue weighted by atomic mass is 9.88. The summed E-state index contributed by atoms with van der Waals surface area (Å²) in [5.41, 5.74) is 15.3. The minimum atomic E-state index is -0.0482. The number of nitrogens with zero attached hydrogens (tertiary/aromatic N) is 5. The average Bonchev–Trinajstić information content (AvgIpc) is 3.90. The van der Waals surface area contributed by atoms with Gasteiger partial charge in [-0.2, -0.15) is 0 Å². The summed E-state index contributed by atoms with van der Waals surface area (Å²) in [6.07, 6.45) is 1.94. The molecule has 6 nitrogen and oxygen atoms in total. The van der Waals surface area contributed by atoms with E-state index < -0.39 is 0 Å². The van der Waals surface area contributed by atoms with Crippen LogP contribution in [-0.2, 0) is 5.41 Å². The second-order valence-electron chi connectivity index (χ2n) is 17.6. The summed E-state index contributed by atoms with van der Waals surface area (Å²) in [5.74, 6) is 2.42. The van der Waals surface area contributed by atoms with E-state index in [0.717, 1.165) is 50.6 Å². The van der Waals surface area contributed by atoms with Crippen molar-refractivity contribution >= 4 is 66.4 Å². The molecule has 11 rings (SSSR count). The van der Waals surface area contributed by atoms with Gasteiger partial charge in [0.2, 0.25) is 0 Å². The highest BCUT2D eigenvalue weighted by atomic mass is 16.5. The number of benzene rings is 7. The zero-order valence-corrected chi connectivity index (χ0v) is 35.4. The molecular weight excluding hydrogens is 747 g/mol. The maximum Gasteiger partial charge on any atom is 0.137 e. The zero-order chi connectivity index (χ0) is 41.6. The number of ether oxygens (including phenoxy) is 1. The highest BCUT2D eigenvalue weighted by Gasteiger charge is 2.30. The van der Waals surface area contributed by atoms with Gasteiger partial charge in [0, 0.05) is 56.9 Å². The topological polar surface area (TPSA) is 38.5 Å². The third-order valence-corrected chi connectivity index (χ3v) is 12.4. The Morgan fingerprint density at radius 1 is 0.492 bits per heavy atom. The van der Waals surface area contributed by atoms with Gasteiger partial charge >= 0.3 is 0 Å². The third kappa shape index (κ3) is 6.04. The number of fused-ring (bicyclic) bond motifs is 7. The monoisotopic (exact) mass is 793 g/mol. The quantitative estimate of drug-likeness (QED) is 0.168. The smallest absolute Gasteiger partial charge is 0.137 e. The van der Waals surface area contributed by atoms with Crippen molar-refractivity contribution in [1.82, 2.24) is 14.1 Å². The number of anilines is 4. The molecule has 298 valence electrons. The first-order chi connectivity index (χ1) is 29.6. The summed E-state index contributed by atoms with van der Waals surface area (Å²) in [6.45, 7) is 14.1. The van der Waals surface area contributed by atoms with Crippen molar-refractivity contribution in [2.45, 2.75) is 47.0 Å². The van der Waals surface area contributed by atoms with Crippen LogP contribution in [0, 0.1) is 20.8 Å². The number of pyridine rings is 1. The van der Waals surface area contributed by atoms with Gasteiger partial charge in [-0.3, -0.25) is 4.57 Å². The molecule has 0 radical (unpaired) electrons. The summed E-state index contributed by atoms with van der Waals surface area (Å²) < 4.78 is 11.5. The first-order valence-electron chi connectivity index (χ1n) is 21.1. The molecule has 0 aliphatic carbocycles. The summed E-state index contributed by atoms with van der Waals surface area (Å²) in [5, 5.41) is 4.76. The fourth-order valence-electron chi connectivity index (χ4n) is 9.71. The standard InChI is InChI=1S/C55H47N5O/c1-35-27-36(2)54(37(3)28-35)58-34-57(48-21-12-13-22-49(48)58)40-17-14-18-41(30-40)61-42-23-24-44-46-32-45-43-19-10-11-20-47(43)59(39-15-8-7-9-16-39)51(45)33-52(46)60(50(44)31-42)53-29-38(25-26-56-53)55(4,5)6/h7-33H,34H2,1-6H3. The minimum Gasteiger partial charge on any atom is -0.457 e. The van der Waals surface area contributed by atoms with Crippen molar-refractivity contribution in [1.29, 1.82) is 0 Å². The Morgan fingerprint density at radius 3 is 1.90 bits per heavy atom. The van der Waals surface area contributed by atoms with Crippen LogP contribution in [0.4, 0.5) is 22.7 Å². The molecule has 6 heteroatoms. The van der Waals surface area contributed by atoms with Crippen LogP contribution < -0.4 is 14.5 Å². The molecule has 0 N–H and O–H groups in total. The maximum absolute atomic E-state index is 6.82. The van der Waals surface area contributed by atoms with Crippen LogP contribution in [0.25, 0.3) is 55.1 Å². The molecule has 61 heavy (non-hydrogen) atoms. The van der Waals surface area contributed by atoms with E-state index in [-0.39, 0.29) is 5.41 Å². The van der Waals surface area contributed by atoms with Crippen LogP contribution in [0.2, 0.25) is 0 Å². The van der Waals surface area contributed by atoms with Crippen molar-refractivity contribution < 1.29 is 4.74 Å². The molecule has 0 atom stereocenters. The first kappa shape index (κ1) is 36.7. The lowest BCUT2D eigenvalue weighted by Crippen LogP contribution is -2.25. The van der Waals surface area contributed by atoms with Gasteiger partial charge in [0.1, 0.15) is 24.0 Å². The number of aryl methyl sites for hydroxylation is 3. The summed E-state index contributed by atoms with van der Waals surface area (Å²) in [7, 11) is 0. The third-order valence-electron chi connectivity index (χ3n) is 12.4. The van der Waals surface area contributed by atoms with Crippen molar-refractivity contribution in [3.05, 3.63) is 186 Å². The van der Waals surface area contributed by atoms with Crippen LogP contribution in [0.1, 0.15) is 43.0 Å². The number of hydrogen-bond donors (Lipinski definition) is 0. The van der Waals surface area contributed by atoms with E-state index in [0.29, 0.717) is 6.67 Å². The van der Waals surface area contributed by atoms with Gasteiger partial charge in [0.25, 0.3) is 0 Å². The van der Waals surface area contributed by atoms with Crippen molar-refractivity contribution in [3.8, 4) is 23.0 Å². The van der Waals surface area contributed by atoms with Crippen LogP contribution in [0.3, 0.4) is 0 Å². The molecule has 0 saturated carbocycles. The maximum atomic E-state index is 6.82. The molecule has 0 saturated heterocycles. The summed E-state index contributed by atoms with van der Waals surface area (Å²) in [4.78, 5) is 9.86. The number of aromatic nitrogens is 3. The van der Waals surface area contributed by atoms with E-state index >= 15 is 0 Å². The average molecular weight is 794 g/mol.